The monoisotopic (exact) mass is 313 g/mol. The molecule has 0 unspecified atom stereocenters. The van der Waals surface area contributed by atoms with Crippen molar-refractivity contribution < 1.29 is 24.2 Å². The summed E-state index contributed by atoms with van der Waals surface area (Å²) in [5.41, 5.74) is 0.259. The summed E-state index contributed by atoms with van der Waals surface area (Å²) in [6, 6.07) is -0.476. The Kier molecular flexibility index (Phi) is 6.00. The molecule has 3 atom stereocenters. The lowest BCUT2D eigenvalue weighted by molar-refractivity contribution is -0.142. The molecule has 1 saturated heterocycles. The highest BCUT2D eigenvalue weighted by molar-refractivity contribution is 5.72. The van der Waals surface area contributed by atoms with Crippen molar-refractivity contribution in [2.45, 2.75) is 45.8 Å². The van der Waals surface area contributed by atoms with Crippen LogP contribution in [0.15, 0.2) is 12.2 Å². The van der Waals surface area contributed by atoms with Gasteiger partial charge in [0.15, 0.2) is 0 Å². The molecule has 1 heterocycles. The molecule has 6 heteroatoms. The zero-order valence-electron chi connectivity index (χ0n) is 14.1. The van der Waals surface area contributed by atoms with Gasteiger partial charge in [0.05, 0.1) is 26.2 Å². The Labute approximate surface area is 132 Å². The van der Waals surface area contributed by atoms with Crippen LogP contribution < -0.4 is 0 Å². The lowest BCUT2D eigenvalue weighted by atomic mass is 9.84. The van der Waals surface area contributed by atoms with Crippen LogP contribution >= 0.6 is 0 Å². The van der Waals surface area contributed by atoms with Crippen LogP contribution in [0.2, 0.25) is 0 Å². The third-order valence-electron chi connectivity index (χ3n) is 3.88. The molecule has 6 nitrogen and oxygen atoms in total. The minimum absolute atomic E-state index is 0.0660. The lowest BCUT2D eigenvalue weighted by Crippen LogP contribution is -2.43. The van der Waals surface area contributed by atoms with Crippen molar-refractivity contribution in [1.82, 2.24) is 4.90 Å². The van der Waals surface area contributed by atoms with E-state index in [4.69, 9.17) is 9.47 Å². The molecule has 1 rings (SSSR count). The molecule has 1 aliphatic heterocycles. The van der Waals surface area contributed by atoms with Crippen molar-refractivity contribution in [3.8, 4) is 0 Å². The van der Waals surface area contributed by atoms with Gasteiger partial charge in [-0.15, -0.1) is 0 Å². The topological polar surface area (TPSA) is 76.1 Å². The summed E-state index contributed by atoms with van der Waals surface area (Å²) in [4.78, 5) is 25.5. The molecule has 126 valence electrons. The second kappa shape index (κ2) is 7.13. The van der Waals surface area contributed by atoms with Gasteiger partial charge >= 0.3 is 12.1 Å². The van der Waals surface area contributed by atoms with E-state index in [0.717, 1.165) is 5.57 Å². The first-order valence-electron chi connectivity index (χ1n) is 7.43. The quantitative estimate of drug-likeness (QED) is 0.634. The van der Waals surface area contributed by atoms with E-state index in [1.807, 2.05) is 6.92 Å². The number of hydrogen-bond acceptors (Lipinski definition) is 5. The first-order valence-corrected chi connectivity index (χ1v) is 7.43. The second-order valence-electron chi connectivity index (χ2n) is 6.78. The number of ether oxygens (including phenoxy) is 2. The smallest absolute Gasteiger partial charge is 0.410 e. The van der Waals surface area contributed by atoms with Gasteiger partial charge in [-0.25, -0.2) is 4.79 Å². The summed E-state index contributed by atoms with van der Waals surface area (Å²) < 4.78 is 10.1. The molecule has 0 aliphatic carbocycles. The van der Waals surface area contributed by atoms with Crippen LogP contribution in [0.4, 0.5) is 4.79 Å². The van der Waals surface area contributed by atoms with Gasteiger partial charge in [-0.1, -0.05) is 12.2 Å². The molecule has 1 fully saturated rings. The molecular formula is C16H27NO5. The molecule has 1 aliphatic rings. The number of aliphatic hydroxyl groups is 1. The van der Waals surface area contributed by atoms with Crippen molar-refractivity contribution in [1.29, 1.82) is 0 Å². The molecule has 22 heavy (non-hydrogen) atoms. The fourth-order valence-corrected chi connectivity index (χ4v) is 2.82. The average Bonchev–Trinajstić information content (AvgIpc) is 2.75. The number of likely N-dealkylation sites (tertiary alicyclic amines) is 1. The van der Waals surface area contributed by atoms with Gasteiger partial charge in [0, 0.05) is 18.4 Å². The first kappa shape index (κ1) is 18.5. The van der Waals surface area contributed by atoms with E-state index in [9.17, 15) is 14.7 Å². The van der Waals surface area contributed by atoms with E-state index in [-0.39, 0.29) is 30.8 Å². The van der Waals surface area contributed by atoms with Crippen LogP contribution in [-0.2, 0) is 14.3 Å². The van der Waals surface area contributed by atoms with E-state index in [2.05, 4.69) is 6.58 Å². The number of esters is 1. The molecule has 1 N–H and O–H groups in total. The highest BCUT2D eigenvalue weighted by Gasteiger charge is 2.46. The van der Waals surface area contributed by atoms with Crippen molar-refractivity contribution in [3.05, 3.63) is 12.2 Å². The Hall–Kier alpha value is -1.56. The fourth-order valence-electron chi connectivity index (χ4n) is 2.82. The van der Waals surface area contributed by atoms with Crippen LogP contribution in [0.5, 0.6) is 0 Å². The zero-order valence-corrected chi connectivity index (χ0v) is 14.1. The molecule has 0 spiro atoms. The number of nitrogens with zero attached hydrogens (tertiary/aromatic N) is 1. The molecule has 0 radical (unpaired) electrons. The van der Waals surface area contributed by atoms with Gasteiger partial charge in [0.1, 0.15) is 5.60 Å². The van der Waals surface area contributed by atoms with Gasteiger partial charge in [0.2, 0.25) is 0 Å². The molecular weight excluding hydrogens is 286 g/mol. The molecule has 0 bridgehead atoms. The summed E-state index contributed by atoms with van der Waals surface area (Å²) in [6.07, 6.45) is -0.344. The standard InChI is InChI=1S/C16H27NO5/c1-10(2)12-8-17(15(20)22-16(3,4)5)13(9-18)11(12)7-14(19)21-6/h11-13,18H,1,7-9H2,2-6H3/t11-,12-,13+/m0/s1. The van der Waals surface area contributed by atoms with Crippen LogP contribution in [0.3, 0.4) is 0 Å². The van der Waals surface area contributed by atoms with Crippen molar-refractivity contribution in [2.24, 2.45) is 11.8 Å². The maximum absolute atomic E-state index is 12.3. The summed E-state index contributed by atoms with van der Waals surface area (Å²) in [5.74, 6) is -0.646. The molecule has 0 aromatic heterocycles. The van der Waals surface area contributed by atoms with E-state index in [1.54, 1.807) is 20.8 Å². The number of amides is 1. The van der Waals surface area contributed by atoms with Gasteiger partial charge in [-0.2, -0.15) is 0 Å². The highest BCUT2D eigenvalue weighted by Crippen LogP contribution is 2.37. The first-order chi connectivity index (χ1) is 10.1. The summed E-state index contributed by atoms with van der Waals surface area (Å²) in [7, 11) is 1.33. The number of carbonyl (C=O) groups excluding carboxylic acids is 2. The van der Waals surface area contributed by atoms with Gasteiger partial charge in [-0.3, -0.25) is 4.79 Å². The summed E-state index contributed by atoms with van der Waals surface area (Å²) >= 11 is 0. The third kappa shape index (κ3) is 4.47. The van der Waals surface area contributed by atoms with Gasteiger partial charge in [-0.05, 0) is 27.7 Å². The van der Waals surface area contributed by atoms with Gasteiger partial charge < -0.3 is 19.5 Å². The zero-order chi connectivity index (χ0) is 17.1. The van der Waals surface area contributed by atoms with E-state index < -0.39 is 17.7 Å². The number of methoxy groups -OCH3 is 1. The predicted molar refractivity (Wildman–Crippen MR) is 82.2 cm³/mol. The molecule has 0 saturated carbocycles. The lowest BCUT2D eigenvalue weighted by Gasteiger charge is -2.29. The van der Waals surface area contributed by atoms with Crippen molar-refractivity contribution in [2.75, 3.05) is 20.3 Å². The normalized spacial score (nSPS) is 25.0. The Morgan fingerprint density at radius 3 is 2.36 bits per heavy atom. The second-order valence-corrected chi connectivity index (χ2v) is 6.78. The summed E-state index contributed by atoms with van der Waals surface area (Å²) in [6.45, 7) is 11.3. The predicted octanol–water partition coefficient (Wildman–Crippen LogP) is 1.97. The Bertz CT molecular complexity index is 440. The Morgan fingerprint density at radius 1 is 1.36 bits per heavy atom. The van der Waals surface area contributed by atoms with Crippen molar-refractivity contribution in [3.63, 3.8) is 0 Å². The van der Waals surface area contributed by atoms with E-state index in [0.29, 0.717) is 6.54 Å². The number of rotatable bonds is 4. The van der Waals surface area contributed by atoms with Crippen LogP contribution in [0.1, 0.15) is 34.1 Å². The molecule has 0 aromatic rings. The SMILES string of the molecule is C=C(C)[C@@H]1CN(C(=O)OC(C)(C)C)[C@H](CO)[C@H]1CC(=O)OC. The van der Waals surface area contributed by atoms with Crippen LogP contribution in [0.25, 0.3) is 0 Å². The Morgan fingerprint density at radius 2 is 1.95 bits per heavy atom. The van der Waals surface area contributed by atoms with E-state index >= 15 is 0 Å². The number of aliphatic hydroxyl groups excluding tert-OH is 1. The van der Waals surface area contributed by atoms with Crippen molar-refractivity contribution >= 4 is 12.1 Å². The maximum Gasteiger partial charge on any atom is 0.410 e. The number of hydrogen-bond donors (Lipinski definition) is 1. The minimum Gasteiger partial charge on any atom is -0.469 e. The van der Waals surface area contributed by atoms with Gasteiger partial charge in [0.25, 0.3) is 0 Å². The third-order valence-corrected chi connectivity index (χ3v) is 3.88. The Balaban J connectivity index is 2.98. The van der Waals surface area contributed by atoms with Crippen LogP contribution in [-0.4, -0.2) is 54.0 Å². The number of carbonyl (C=O) groups is 2. The van der Waals surface area contributed by atoms with E-state index in [1.165, 1.54) is 12.0 Å². The fraction of sp³-hybridized carbons (Fsp3) is 0.750. The molecule has 0 aromatic carbocycles. The largest absolute Gasteiger partial charge is 0.469 e. The van der Waals surface area contributed by atoms with Crippen LogP contribution in [0, 0.1) is 11.8 Å². The summed E-state index contributed by atoms with van der Waals surface area (Å²) in [5, 5.41) is 9.71. The molecule has 1 amide bonds. The minimum atomic E-state index is -0.615. The maximum atomic E-state index is 12.3. The average molecular weight is 313 g/mol. The highest BCUT2D eigenvalue weighted by atomic mass is 16.6.